The molecule has 2 rings (SSSR count). The SMILES string of the molecule is COc1ccc(C(=O)Nc2ccc(C#N)cc2)cn1. The molecule has 0 saturated carbocycles. The van der Waals surface area contributed by atoms with Crippen molar-refractivity contribution in [2.75, 3.05) is 12.4 Å². The minimum atomic E-state index is -0.264. The number of amides is 1. The van der Waals surface area contributed by atoms with Crippen molar-refractivity contribution in [2.24, 2.45) is 0 Å². The van der Waals surface area contributed by atoms with Crippen LogP contribution in [-0.4, -0.2) is 18.0 Å². The van der Waals surface area contributed by atoms with Gasteiger partial charge < -0.3 is 10.1 Å². The molecule has 5 heteroatoms. The van der Waals surface area contributed by atoms with Crippen LogP contribution in [0.4, 0.5) is 5.69 Å². The molecule has 0 radical (unpaired) electrons. The van der Waals surface area contributed by atoms with Gasteiger partial charge in [0.2, 0.25) is 5.88 Å². The number of carbonyl (C=O) groups excluding carboxylic acids is 1. The normalized spacial score (nSPS) is 9.47. The van der Waals surface area contributed by atoms with Crippen molar-refractivity contribution >= 4 is 11.6 Å². The van der Waals surface area contributed by atoms with E-state index < -0.39 is 0 Å². The number of aromatic nitrogens is 1. The maximum absolute atomic E-state index is 11.9. The number of rotatable bonds is 3. The highest BCUT2D eigenvalue weighted by Gasteiger charge is 2.06. The molecule has 0 unspecified atom stereocenters. The summed E-state index contributed by atoms with van der Waals surface area (Å²) in [5.74, 6) is 0.190. The second kappa shape index (κ2) is 5.65. The van der Waals surface area contributed by atoms with Crippen LogP contribution in [0, 0.1) is 11.3 Å². The third kappa shape index (κ3) is 3.07. The summed E-state index contributed by atoms with van der Waals surface area (Å²) in [7, 11) is 1.51. The second-order valence-electron chi connectivity index (χ2n) is 3.73. The van der Waals surface area contributed by atoms with Gasteiger partial charge >= 0.3 is 0 Å². The van der Waals surface area contributed by atoms with E-state index in [4.69, 9.17) is 10.00 Å². The Morgan fingerprint density at radius 3 is 2.53 bits per heavy atom. The Morgan fingerprint density at radius 2 is 2.00 bits per heavy atom. The number of benzene rings is 1. The van der Waals surface area contributed by atoms with Gasteiger partial charge in [-0.1, -0.05) is 0 Å². The summed E-state index contributed by atoms with van der Waals surface area (Å²) in [6.45, 7) is 0. The molecule has 1 aromatic carbocycles. The maximum Gasteiger partial charge on any atom is 0.257 e. The average Bonchev–Trinajstić information content (AvgIpc) is 2.48. The largest absolute Gasteiger partial charge is 0.481 e. The minimum absolute atomic E-state index is 0.264. The van der Waals surface area contributed by atoms with E-state index in [1.807, 2.05) is 6.07 Å². The molecule has 19 heavy (non-hydrogen) atoms. The van der Waals surface area contributed by atoms with Gasteiger partial charge in [-0.3, -0.25) is 4.79 Å². The van der Waals surface area contributed by atoms with Gasteiger partial charge in [0.25, 0.3) is 5.91 Å². The van der Waals surface area contributed by atoms with Gasteiger partial charge in [-0.2, -0.15) is 5.26 Å². The zero-order valence-electron chi connectivity index (χ0n) is 10.3. The summed E-state index contributed by atoms with van der Waals surface area (Å²) in [6, 6.07) is 11.9. The van der Waals surface area contributed by atoms with E-state index in [1.165, 1.54) is 13.3 Å². The first-order chi connectivity index (χ1) is 9.22. The van der Waals surface area contributed by atoms with Crippen LogP contribution in [0.1, 0.15) is 15.9 Å². The Labute approximate surface area is 110 Å². The van der Waals surface area contributed by atoms with Crippen LogP contribution in [0.3, 0.4) is 0 Å². The fourth-order valence-corrected chi connectivity index (χ4v) is 1.47. The van der Waals surface area contributed by atoms with Crippen LogP contribution in [0.15, 0.2) is 42.6 Å². The Bertz CT molecular complexity index is 613. The Morgan fingerprint density at radius 1 is 1.26 bits per heavy atom. The van der Waals surface area contributed by atoms with Crippen molar-refractivity contribution in [3.63, 3.8) is 0 Å². The molecule has 0 atom stereocenters. The molecule has 1 N–H and O–H groups in total. The molecule has 1 aromatic heterocycles. The zero-order chi connectivity index (χ0) is 13.7. The molecule has 0 aliphatic rings. The molecule has 0 bridgehead atoms. The van der Waals surface area contributed by atoms with Crippen LogP contribution in [0.5, 0.6) is 5.88 Å². The predicted octanol–water partition coefficient (Wildman–Crippen LogP) is 2.21. The van der Waals surface area contributed by atoms with Crippen LogP contribution in [0.25, 0.3) is 0 Å². The monoisotopic (exact) mass is 253 g/mol. The number of anilines is 1. The Balaban J connectivity index is 2.09. The highest BCUT2D eigenvalue weighted by Crippen LogP contribution is 2.12. The molecule has 94 valence electrons. The lowest BCUT2D eigenvalue weighted by molar-refractivity contribution is 0.102. The molecule has 0 fully saturated rings. The summed E-state index contributed by atoms with van der Waals surface area (Å²) in [4.78, 5) is 15.9. The van der Waals surface area contributed by atoms with Gasteiger partial charge in [0.05, 0.1) is 24.3 Å². The highest BCUT2D eigenvalue weighted by atomic mass is 16.5. The number of hydrogen-bond acceptors (Lipinski definition) is 4. The van der Waals surface area contributed by atoms with Gasteiger partial charge in [-0.05, 0) is 30.3 Å². The summed E-state index contributed by atoms with van der Waals surface area (Å²) in [5, 5.41) is 11.4. The fraction of sp³-hybridized carbons (Fsp3) is 0.0714. The molecule has 0 aliphatic heterocycles. The first-order valence-electron chi connectivity index (χ1n) is 5.54. The van der Waals surface area contributed by atoms with E-state index in [9.17, 15) is 4.79 Å². The molecule has 1 amide bonds. The number of carbonyl (C=O) groups is 1. The first kappa shape index (κ1) is 12.6. The van der Waals surface area contributed by atoms with Crippen LogP contribution < -0.4 is 10.1 Å². The molecular weight excluding hydrogens is 242 g/mol. The van der Waals surface area contributed by atoms with Crippen molar-refractivity contribution in [3.05, 3.63) is 53.7 Å². The van der Waals surface area contributed by atoms with Crippen LogP contribution >= 0.6 is 0 Å². The molecule has 5 nitrogen and oxygen atoms in total. The van der Waals surface area contributed by atoms with Crippen LogP contribution in [-0.2, 0) is 0 Å². The zero-order valence-corrected chi connectivity index (χ0v) is 10.3. The molecule has 1 heterocycles. The van der Waals surface area contributed by atoms with E-state index in [-0.39, 0.29) is 5.91 Å². The van der Waals surface area contributed by atoms with Crippen molar-refractivity contribution in [1.82, 2.24) is 4.98 Å². The molecule has 2 aromatic rings. The molecule has 0 saturated heterocycles. The lowest BCUT2D eigenvalue weighted by Gasteiger charge is -2.05. The summed E-state index contributed by atoms with van der Waals surface area (Å²) < 4.78 is 4.92. The maximum atomic E-state index is 11.9. The topological polar surface area (TPSA) is 75.0 Å². The minimum Gasteiger partial charge on any atom is -0.481 e. The van der Waals surface area contributed by atoms with Gasteiger partial charge in [-0.25, -0.2) is 4.98 Å². The van der Waals surface area contributed by atoms with Gasteiger partial charge in [-0.15, -0.1) is 0 Å². The van der Waals surface area contributed by atoms with Gasteiger partial charge in [0.1, 0.15) is 0 Å². The smallest absolute Gasteiger partial charge is 0.257 e. The number of nitriles is 1. The average molecular weight is 253 g/mol. The number of methoxy groups -OCH3 is 1. The quantitative estimate of drug-likeness (QED) is 0.910. The number of nitrogens with zero attached hydrogens (tertiary/aromatic N) is 2. The van der Waals surface area contributed by atoms with Crippen LogP contribution in [0.2, 0.25) is 0 Å². The molecule has 0 spiro atoms. The van der Waals surface area contributed by atoms with Crippen molar-refractivity contribution < 1.29 is 9.53 Å². The van der Waals surface area contributed by atoms with E-state index in [1.54, 1.807) is 36.4 Å². The molecular formula is C14H11N3O2. The third-order valence-corrected chi connectivity index (χ3v) is 2.48. The highest BCUT2D eigenvalue weighted by molar-refractivity contribution is 6.04. The third-order valence-electron chi connectivity index (χ3n) is 2.48. The van der Waals surface area contributed by atoms with E-state index in [0.717, 1.165) is 0 Å². The number of pyridine rings is 1. The first-order valence-corrected chi connectivity index (χ1v) is 5.54. The predicted molar refractivity (Wildman–Crippen MR) is 69.9 cm³/mol. The van der Waals surface area contributed by atoms with Gasteiger partial charge in [0.15, 0.2) is 0 Å². The van der Waals surface area contributed by atoms with Crippen molar-refractivity contribution in [3.8, 4) is 11.9 Å². The Kier molecular flexibility index (Phi) is 3.74. The van der Waals surface area contributed by atoms with Crippen molar-refractivity contribution in [1.29, 1.82) is 5.26 Å². The van der Waals surface area contributed by atoms with Gasteiger partial charge in [0, 0.05) is 18.0 Å². The fourth-order valence-electron chi connectivity index (χ4n) is 1.47. The standard InChI is InChI=1S/C14H11N3O2/c1-19-13-7-4-11(9-16-13)14(18)17-12-5-2-10(8-15)3-6-12/h2-7,9H,1H3,(H,17,18). The summed E-state index contributed by atoms with van der Waals surface area (Å²) >= 11 is 0. The molecule has 0 aliphatic carbocycles. The van der Waals surface area contributed by atoms with E-state index >= 15 is 0 Å². The summed E-state index contributed by atoms with van der Waals surface area (Å²) in [6.07, 6.45) is 1.44. The summed E-state index contributed by atoms with van der Waals surface area (Å²) in [5.41, 5.74) is 1.61. The lowest BCUT2D eigenvalue weighted by Crippen LogP contribution is -2.12. The Hall–Kier alpha value is -2.87. The lowest BCUT2D eigenvalue weighted by atomic mass is 10.2. The number of ether oxygens (including phenoxy) is 1. The van der Waals surface area contributed by atoms with Crippen molar-refractivity contribution in [2.45, 2.75) is 0 Å². The number of nitrogens with one attached hydrogen (secondary N) is 1. The number of hydrogen-bond donors (Lipinski definition) is 1. The second-order valence-corrected chi connectivity index (χ2v) is 3.73. The van der Waals surface area contributed by atoms with E-state index in [0.29, 0.717) is 22.7 Å². The van der Waals surface area contributed by atoms with E-state index in [2.05, 4.69) is 10.3 Å².